The van der Waals surface area contributed by atoms with Crippen molar-refractivity contribution in [1.82, 2.24) is 15.0 Å². The Kier molecular flexibility index (Phi) is 6.95. The van der Waals surface area contributed by atoms with E-state index in [2.05, 4.69) is 25.6 Å². The van der Waals surface area contributed by atoms with Crippen molar-refractivity contribution < 1.29 is 37.6 Å². The summed E-state index contributed by atoms with van der Waals surface area (Å²) >= 11 is 6.39. The van der Waals surface area contributed by atoms with Crippen LogP contribution in [0.1, 0.15) is 12.1 Å². The Morgan fingerprint density at radius 1 is 1.20 bits per heavy atom. The molecule has 35 heavy (non-hydrogen) atoms. The SMILES string of the molecule is COc1cc2cc(-c3c(Cl)nc(NCC(F)(F)F)nc3N[C@@H]3C[C@H](CO)[C@@H](O)[C@H]3O)oc2c(C)n1. The van der Waals surface area contributed by atoms with Crippen LogP contribution in [0.3, 0.4) is 0 Å². The number of furan rings is 1. The molecule has 4 rings (SSSR count). The van der Waals surface area contributed by atoms with Crippen molar-refractivity contribution in [3.63, 3.8) is 0 Å². The van der Waals surface area contributed by atoms with Gasteiger partial charge in [-0.2, -0.15) is 18.2 Å². The number of alkyl halides is 3. The molecular formula is C21H23ClF3N5O5. The topological polar surface area (TPSA) is 146 Å². The summed E-state index contributed by atoms with van der Waals surface area (Å²) in [5, 5.41) is 35.5. The molecule has 0 bridgehead atoms. The minimum atomic E-state index is -4.52. The fourth-order valence-corrected chi connectivity index (χ4v) is 4.31. The first kappa shape index (κ1) is 25.2. The van der Waals surface area contributed by atoms with Crippen molar-refractivity contribution in [2.24, 2.45) is 5.92 Å². The summed E-state index contributed by atoms with van der Waals surface area (Å²) in [6, 6.07) is 2.48. The highest BCUT2D eigenvalue weighted by atomic mass is 35.5. The van der Waals surface area contributed by atoms with E-state index in [0.717, 1.165) is 0 Å². The first-order valence-electron chi connectivity index (χ1n) is 10.6. The number of methoxy groups -OCH3 is 1. The molecule has 1 aliphatic rings. The quantitative estimate of drug-likeness (QED) is 0.296. The summed E-state index contributed by atoms with van der Waals surface area (Å²) in [5.41, 5.74) is 1.09. The van der Waals surface area contributed by atoms with Crippen molar-refractivity contribution in [3.05, 3.63) is 23.0 Å². The highest BCUT2D eigenvalue weighted by Crippen LogP contribution is 2.40. The van der Waals surface area contributed by atoms with Gasteiger partial charge in [0.1, 0.15) is 29.4 Å². The lowest BCUT2D eigenvalue weighted by molar-refractivity contribution is -0.115. The molecule has 0 aromatic carbocycles. The van der Waals surface area contributed by atoms with Crippen LogP contribution in [0.5, 0.6) is 5.88 Å². The summed E-state index contributed by atoms with van der Waals surface area (Å²) in [6.45, 7) is -0.0382. The van der Waals surface area contributed by atoms with Crippen molar-refractivity contribution in [1.29, 1.82) is 0 Å². The normalized spacial score (nSPS) is 22.5. The largest absolute Gasteiger partial charge is 0.481 e. The number of hydrogen-bond acceptors (Lipinski definition) is 10. The molecule has 4 atom stereocenters. The lowest BCUT2D eigenvalue weighted by Gasteiger charge is -2.21. The van der Waals surface area contributed by atoms with E-state index in [4.69, 9.17) is 20.8 Å². The van der Waals surface area contributed by atoms with Crippen molar-refractivity contribution >= 4 is 34.3 Å². The number of rotatable bonds is 7. The Labute approximate surface area is 202 Å². The molecule has 0 aliphatic heterocycles. The third kappa shape index (κ3) is 5.22. The Hall–Kier alpha value is -2.87. The van der Waals surface area contributed by atoms with Gasteiger partial charge >= 0.3 is 6.18 Å². The minimum Gasteiger partial charge on any atom is -0.481 e. The van der Waals surface area contributed by atoms with Crippen LogP contribution in [0.25, 0.3) is 22.3 Å². The first-order valence-corrected chi connectivity index (χ1v) is 11.0. The van der Waals surface area contributed by atoms with Gasteiger partial charge in [0.25, 0.3) is 0 Å². The molecule has 3 aromatic heterocycles. The molecule has 3 aromatic rings. The maximum Gasteiger partial charge on any atom is 0.405 e. The average molecular weight is 518 g/mol. The zero-order valence-corrected chi connectivity index (χ0v) is 19.4. The minimum absolute atomic E-state index is 0.0267. The van der Waals surface area contributed by atoms with Crippen LogP contribution < -0.4 is 15.4 Å². The Morgan fingerprint density at radius 3 is 2.57 bits per heavy atom. The highest BCUT2D eigenvalue weighted by molar-refractivity contribution is 6.32. The maximum absolute atomic E-state index is 12.7. The molecule has 10 nitrogen and oxygen atoms in total. The van der Waals surface area contributed by atoms with Gasteiger partial charge in [-0.1, -0.05) is 11.6 Å². The van der Waals surface area contributed by atoms with E-state index >= 15 is 0 Å². The number of halogens is 4. The van der Waals surface area contributed by atoms with E-state index in [-0.39, 0.29) is 35.3 Å². The summed E-state index contributed by atoms with van der Waals surface area (Å²) in [5.74, 6) is -0.479. The highest BCUT2D eigenvalue weighted by Gasteiger charge is 2.41. The second-order valence-electron chi connectivity index (χ2n) is 8.22. The Balaban J connectivity index is 1.78. The Bertz CT molecular complexity index is 1220. The summed E-state index contributed by atoms with van der Waals surface area (Å²) in [6.07, 6.45) is -6.82. The zero-order chi connectivity index (χ0) is 25.5. The molecule has 0 unspecified atom stereocenters. The molecule has 5 N–H and O–H groups in total. The van der Waals surface area contributed by atoms with Crippen molar-refractivity contribution in [3.8, 4) is 17.2 Å². The molecule has 1 aliphatic carbocycles. The predicted octanol–water partition coefficient (Wildman–Crippen LogP) is 2.74. The number of ether oxygens (including phenoxy) is 1. The van der Waals surface area contributed by atoms with Gasteiger partial charge in [-0.05, 0) is 19.4 Å². The van der Waals surface area contributed by atoms with Crippen LogP contribution in [0.2, 0.25) is 5.15 Å². The molecule has 3 heterocycles. The lowest BCUT2D eigenvalue weighted by atomic mass is 10.1. The van der Waals surface area contributed by atoms with E-state index in [1.807, 2.05) is 0 Å². The number of aliphatic hydroxyl groups excluding tert-OH is 3. The molecule has 0 saturated heterocycles. The fraction of sp³-hybridized carbons (Fsp3) is 0.476. The summed E-state index contributed by atoms with van der Waals surface area (Å²) in [7, 11) is 1.47. The number of aromatic nitrogens is 3. The number of hydrogen-bond donors (Lipinski definition) is 5. The third-order valence-corrected chi connectivity index (χ3v) is 6.05. The molecule has 14 heteroatoms. The van der Waals surface area contributed by atoms with Gasteiger partial charge in [-0.3, -0.25) is 0 Å². The number of aliphatic hydroxyl groups is 3. The van der Waals surface area contributed by atoms with Crippen LogP contribution in [0.4, 0.5) is 24.9 Å². The van der Waals surface area contributed by atoms with E-state index in [1.54, 1.807) is 19.1 Å². The van der Waals surface area contributed by atoms with Crippen LogP contribution in [0.15, 0.2) is 16.5 Å². The molecular weight excluding hydrogens is 495 g/mol. The summed E-state index contributed by atoms with van der Waals surface area (Å²) in [4.78, 5) is 12.3. The predicted molar refractivity (Wildman–Crippen MR) is 120 cm³/mol. The fourth-order valence-electron chi connectivity index (χ4n) is 4.04. The van der Waals surface area contributed by atoms with Gasteiger partial charge in [-0.15, -0.1) is 0 Å². The zero-order valence-electron chi connectivity index (χ0n) is 18.6. The van der Waals surface area contributed by atoms with Crippen LogP contribution >= 0.6 is 11.6 Å². The standard InChI is InChI=1S/C21H23ClF3N5O5/c1-8-17-9(5-13(27-8)34-2)4-12(35-17)14-18(22)29-20(26-7-21(23,24)25)30-19(14)28-11-3-10(6-31)15(32)16(11)33/h4-5,10-11,15-16,31-33H,3,6-7H2,1-2H3,(H2,26,28,29,30)/t10-,11-,15-,16+/m1/s1. The second kappa shape index (κ2) is 9.64. The van der Waals surface area contributed by atoms with E-state index in [1.165, 1.54) is 7.11 Å². The molecule has 0 spiro atoms. The van der Waals surface area contributed by atoms with Crippen LogP contribution in [-0.2, 0) is 0 Å². The van der Waals surface area contributed by atoms with E-state index in [0.29, 0.717) is 22.5 Å². The van der Waals surface area contributed by atoms with Crippen molar-refractivity contribution in [2.45, 2.75) is 37.8 Å². The molecule has 1 saturated carbocycles. The van der Waals surface area contributed by atoms with Crippen molar-refractivity contribution in [2.75, 3.05) is 30.9 Å². The van der Waals surface area contributed by atoms with Gasteiger partial charge in [0.2, 0.25) is 11.8 Å². The third-order valence-electron chi connectivity index (χ3n) is 5.77. The van der Waals surface area contributed by atoms with E-state index < -0.39 is 42.8 Å². The van der Waals surface area contributed by atoms with Crippen LogP contribution in [-0.4, -0.2) is 75.0 Å². The van der Waals surface area contributed by atoms with E-state index in [9.17, 15) is 28.5 Å². The van der Waals surface area contributed by atoms with Gasteiger partial charge in [0.05, 0.1) is 30.5 Å². The second-order valence-corrected chi connectivity index (χ2v) is 8.58. The first-order chi connectivity index (χ1) is 16.5. The Morgan fingerprint density at radius 2 is 1.94 bits per heavy atom. The molecule has 0 amide bonds. The monoisotopic (exact) mass is 517 g/mol. The summed E-state index contributed by atoms with van der Waals surface area (Å²) < 4.78 is 49.3. The average Bonchev–Trinajstić information content (AvgIpc) is 3.33. The lowest BCUT2D eigenvalue weighted by Crippen LogP contribution is -2.35. The smallest absolute Gasteiger partial charge is 0.405 e. The van der Waals surface area contributed by atoms with Crippen LogP contribution in [0, 0.1) is 12.8 Å². The van der Waals surface area contributed by atoms with Gasteiger partial charge in [-0.25, -0.2) is 9.97 Å². The number of nitrogens with zero attached hydrogens (tertiary/aromatic N) is 3. The van der Waals surface area contributed by atoms with Gasteiger partial charge in [0.15, 0.2) is 5.58 Å². The maximum atomic E-state index is 12.7. The number of aryl methyl sites for hydroxylation is 1. The number of fused-ring (bicyclic) bond motifs is 1. The van der Waals surface area contributed by atoms with Gasteiger partial charge < -0.3 is 35.1 Å². The molecule has 0 radical (unpaired) electrons. The molecule has 190 valence electrons. The number of pyridine rings is 1. The number of nitrogens with one attached hydrogen (secondary N) is 2. The molecule has 1 fully saturated rings. The van der Waals surface area contributed by atoms with Gasteiger partial charge in [0, 0.05) is 24.0 Å². The number of anilines is 2.